The lowest BCUT2D eigenvalue weighted by Crippen LogP contribution is -2.38. The highest BCUT2D eigenvalue weighted by Crippen LogP contribution is 2.34. The second-order valence-corrected chi connectivity index (χ2v) is 11.4. The number of hydrogen-bond donors (Lipinski definition) is 2. The van der Waals surface area contributed by atoms with Crippen molar-refractivity contribution in [3.05, 3.63) is 47.4 Å². The molecule has 1 aliphatic rings. The van der Waals surface area contributed by atoms with Gasteiger partial charge in [0.15, 0.2) is 15.8 Å². The number of sulfone groups is 1. The van der Waals surface area contributed by atoms with E-state index in [4.69, 9.17) is 25.0 Å². The molecule has 37 heavy (non-hydrogen) atoms. The highest BCUT2D eigenvalue weighted by Gasteiger charge is 2.31. The van der Waals surface area contributed by atoms with E-state index in [2.05, 4.69) is 20.3 Å². The predicted molar refractivity (Wildman–Crippen MR) is 135 cm³/mol. The Hall–Kier alpha value is -3.39. The van der Waals surface area contributed by atoms with Crippen LogP contribution >= 0.6 is 0 Å². The second kappa shape index (κ2) is 10.2. The molecule has 0 fully saturated rings. The van der Waals surface area contributed by atoms with Crippen molar-refractivity contribution < 1.29 is 32.5 Å². The summed E-state index contributed by atoms with van der Waals surface area (Å²) in [6, 6.07) is 5.10. The number of esters is 1. The first-order valence-electron chi connectivity index (χ1n) is 11.4. The summed E-state index contributed by atoms with van der Waals surface area (Å²) in [7, 11) is -1.87. The Morgan fingerprint density at radius 3 is 2.62 bits per heavy atom. The van der Waals surface area contributed by atoms with E-state index in [9.17, 15) is 13.2 Å². The van der Waals surface area contributed by atoms with Crippen LogP contribution in [0.15, 0.2) is 30.6 Å². The number of carbonyl (C=O) groups excluding carboxylic acids is 1. The lowest BCUT2D eigenvalue weighted by atomic mass is 9.91. The van der Waals surface area contributed by atoms with Crippen LogP contribution in [-0.4, -0.2) is 61.4 Å². The molecule has 1 aliphatic heterocycles. The van der Waals surface area contributed by atoms with Gasteiger partial charge in [0.05, 0.1) is 28.8 Å². The van der Waals surface area contributed by atoms with Gasteiger partial charge in [0, 0.05) is 37.2 Å². The van der Waals surface area contributed by atoms with Gasteiger partial charge in [-0.25, -0.2) is 28.2 Å². The fourth-order valence-electron chi connectivity index (χ4n) is 4.00. The normalized spacial score (nSPS) is 19.1. The molecular weight excluding hydrogens is 502 g/mol. The number of fused-ring (bicyclic) bond motifs is 2. The van der Waals surface area contributed by atoms with E-state index >= 15 is 0 Å². The third-order valence-electron chi connectivity index (χ3n) is 6.02. The fourth-order valence-corrected chi connectivity index (χ4v) is 4.22. The average Bonchev–Trinajstić information content (AvgIpc) is 2.81. The highest BCUT2D eigenvalue weighted by atomic mass is 32.2. The molecule has 3 atom stereocenters. The summed E-state index contributed by atoms with van der Waals surface area (Å²) in [6.45, 7) is 5.79. The Morgan fingerprint density at radius 2 is 1.92 bits per heavy atom. The van der Waals surface area contributed by atoms with Crippen molar-refractivity contribution in [1.29, 1.82) is 0 Å². The first-order valence-corrected chi connectivity index (χ1v) is 13.5. The van der Waals surface area contributed by atoms with Gasteiger partial charge in [0.2, 0.25) is 0 Å². The van der Waals surface area contributed by atoms with Crippen LogP contribution in [0.1, 0.15) is 48.3 Å². The van der Waals surface area contributed by atoms with Crippen LogP contribution in [0, 0.1) is 0 Å². The van der Waals surface area contributed by atoms with Gasteiger partial charge in [-0.1, -0.05) is 6.92 Å². The number of methoxy groups -OCH3 is 1. The lowest BCUT2D eigenvalue weighted by Gasteiger charge is -2.27. The minimum Gasteiger partial charge on any atom is -0.458 e. The number of nitrogens with two attached hydrogens (primary N) is 1. The molecule has 0 spiro atoms. The SMILES string of the molecule is COC[C@@](C)(N)c1cnc(OOCS(C)(=O)=O)c2cnc(Nc3ccc4c(n3)[C@@H](C)[C@H](C)OC4=O)cc12. The summed E-state index contributed by atoms with van der Waals surface area (Å²) in [6.07, 6.45) is 3.77. The zero-order chi connectivity index (χ0) is 27.0. The van der Waals surface area contributed by atoms with Crippen LogP contribution in [0.5, 0.6) is 5.88 Å². The van der Waals surface area contributed by atoms with Gasteiger partial charge in [-0.3, -0.25) is 0 Å². The number of anilines is 2. The maximum Gasteiger partial charge on any atom is 0.340 e. The summed E-state index contributed by atoms with van der Waals surface area (Å²) in [5, 5.41) is 4.26. The first kappa shape index (κ1) is 26.7. The number of cyclic esters (lactones) is 1. The minimum absolute atomic E-state index is 0.0305. The third kappa shape index (κ3) is 5.80. The maximum absolute atomic E-state index is 12.2. The van der Waals surface area contributed by atoms with Crippen LogP contribution in [0.3, 0.4) is 0 Å². The number of aromatic nitrogens is 3. The van der Waals surface area contributed by atoms with Gasteiger partial charge in [-0.15, -0.1) is 0 Å². The number of rotatable bonds is 9. The van der Waals surface area contributed by atoms with Crippen molar-refractivity contribution >= 4 is 38.2 Å². The molecular formula is C24H29N5O7S. The summed E-state index contributed by atoms with van der Waals surface area (Å²) in [4.78, 5) is 35.6. The maximum atomic E-state index is 12.2. The number of hydrogen-bond acceptors (Lipinski definition) is 12. The summed E-state index contributed by atoms with van der Waals surface area (Å²) in [5.41, 5.74) is 7.34. The Bertz CT molecular complexity index is 1440. The Labute approximate surface area is 214 Å². The van der Waals surface area contributed by atoms with Crippen molar-refractivity contribution in [2.24, 2.45) is 5.73 Å². The summed E-state index contributed by atoms with van der Waals surface area (Å²) >= 11 is 0. The number of nitrogens with zero attached hydrogens (tertiary/aromatic N) is 3. The number of carbonyl (C=O) groups is 1. The zero-order valence-corrected chi connectivity index (χ0v) is 22.0. The van der Waals surface area contributed by atoms with Crippen LogP contribution in [-0.2, 0) is 29.7 Å². The van der Waals surface area contributed by atoms with E-state index in [1.165, 1.54) is 12.4 Å². The molecule has 0 aromatic carbocycles. The lowest BCUT2D eigenvalue weighted by molar-refractivity contribution is -0.189. The van der Waals surface area contributed by atoms with Crippen molar-refractivity contribution in [1.82, 2.24) is 15.0 Å². The van der Waals surface area contributed by atoms with Crippen molar-refractivity contribution in [2.45, 2.75) is 38.3 Å². The summed E-state index contributed by atoms with van der Waals surface area (Å²) in [5.74, 6) is -0.138. The topological polar surface area (TPSA) is 165 Å². The van der Waals surface area contributed by atoms with E-state index in [1.54, 1.807) is 32.2 Å². The van der Waals surface area contributed by atoms with Crippen LogP contribution in [0.2, 0.25) is 0 Å². The zero-order valence-electron chi connectivity index (χ0n) is 21.1. The van der Waals surface area contributed by atoms with Gasteiger partial charge in [-0.2, -0.15) is 4.89 Å². The molecule has 0 aliphatic carbocycles. The largest absolute Gasteiger partial charge is 0.458 e. The average molecular weight is 532 g/mol. The molecule has 4 rings (SSSR count). The number of pyridine rings is 3. The minimum atomic E-state index is -3.42. The molecule has 4 heterocycles. The molecule has 0 saturated carbocycles. The van der Waals surface area contributed by atoms with E-state index in [-0.39, 0.29) is 24.5 Å². The number of nitrogens with one attached hydrogen (secondary N) is 1. The Morgan fingerprint density at radius 1 is 1.16 bits per heavy atom. The van der Waals surface area contributed by atoms with Gasteiger partial charge in [-0.05, 0) is 37.4 Å². The van der Waals surface area contributed by atoms with Crippen LogP contribution < -0.4 is 15.9 Å². The van der Waals surface area contributed by atoms with Gasteiger partial charge >= 0.3 is 5.97 Å². The monoisotopic (exact) mass is 531 g/mol. The predicted octanol–water partition coefficient (Wildman–Crippen LogP) is 2.56. The molecule has 0 radical (unpaired) electrons. The third-order valence-corrected chi connectivity index (χ3v) is 6.55. The van der Waals surface area contributed by atoms with Gasteiger partial charge < -0.3 is 25.4 Å². The van der Waals surface area contributed by atoms with Crippen molar-refractivity contribution in [2.75, 3.05) is 31.2 Å². The molecule has 0 bridgehead atoms. The molecule has 0 unspecified atom stereocenters. The Balaban J connectivity index is 1.72. The summed E-state index contributed by atoms with van der Waals surface area (Å²) < 4.78 is 33.5. The van der Waals surface area contributed by atoms with Gasteiger partial charge in [0.1, 0.15) is 17.7 Å². The number of ether oxygens (including phenoxy) is 2. The Kier molecular flexibility index (Phi) is 7.33. The molecule has 3 aromatic heterocycles. The fraction of sp³-hybridized carbons (Fsp3) is 0.417. The molecule has 0 amide bonds. The molecule has 0 saturated heterocycles. The standard InChI is InChI=1S/C24H29N5O7S/c1-13-14(2)35-23(30)15-6-7-19(29-21(13)15)28-20-8-16-17(9-26-20)22(36-34-12-37(5,31)32)27-10-18(16)24(3,25)11-33-4/h6-10,13-14H,11-12,25H2,1-5H3,(H,26,28,29)/t13-,14-,24+/m0/s1. The molecule has 3 N–H and O–H groups in total. The van der Waals surface area contributed by atoms with Crippen molar-refractivity contribution in [3.63, 3.8) is 0 Å². The van der Waals surface area contributed by atoms with E-state index in [0.29, 0.717) is 39.2 Å². The van der Waals surface area contributed by atoms with E-state index in [1.807, 2.05) is 13.8 Å². The van der Waals surface area contributed by atoms with Crippen molar-refractivity contribution in [3.8, 4) is 5.88 Å². The van der Waals surface area contributed by atoms with Crippen LogP contribution in [0.4, 0.5) is 11.6 Å². The van der Waals surface area contributed by atoms with Crippen LogP contribution in [0.25, 0.3) is 10.8 Å². The molecule has 198 valence electrons. The van der Waals surface area contributed by atoms with E-state index in [0.717, 1.165) is 6.26 Å². The molecule has 13 heteroatoms. The first-order chi connectivity index (χ1) is 17.4. The quantitative estimate of drug-likeness (QED) is 0.236. The second-order valence-electron chi connectivity index (χ2n) is 9.34. The molecule has 3 aromatic rings. The van der Waals surface area contributed by atoms with Gasteiger partial charge in [0.25, 0.3) is 5.88 Å². The van der Waals surface area contributed by atoms with E-state index < -0.39 is 27.3 Å². The molecule has 12 nitrogen and oxygen atoms in total. The smallest absolute Gasteiger partial charge is 0.340 e. The highest BCUT2D eigenvalue weighted by molar-refractivity contribution is 7.90.